The van der Waals surface area contributed by atoms with Gasteiger partial charge in [0.1, 0.15) is 0 Å². The number of benzene rings is 1. The molecule has 1 atom stereocenters. The van der Waals surface area contributed by atoms with Crippen LogP contribution in [0.15, 0.2) is 24.3 Å². The van der Waals surface area contributed by atoms with E-state index < -0.39 is 0 Å². The largest absolute Gasteiger partial charge is 0.383 e. The van der Waals surface area contributed by atoms with Crippen molar-refractivity contribution >= 4 is 11.6 Å². The van der Waals surface area contributed by atoms with Crippen LogP contribution in [0.5, 0.6) is 0 Å². The minimum atomic E-state index is 0.0905. The summed E-state index contributed by atoms with van der Waals surface area (Å²) in [7, 11) is 1.82. The first-order valence-corrected chi connectivity index (χ1v) is 6.60. The topological polar surface area (TPSA) is 32.3 Å². The molecule has 1 amide bonds. The second-order valence-electron chi connectivity index (χ2n) is 4.91. The highest BCUT2D eigenvalue weighted by Crippen LogP contribution is 2.14. The molecule has 1 N–H and O–H groups in total. The van der Waals surface area contributed by atoms with Gasteiger partial charge in [0.25, 0.3) is 0 Å². The van der Waals surface area contributed by atoms with Crippen molar-refractivity contribution in [1.29, 1.82) is 0 Å². The summed E-state index contributed by atoms with van der Waals surface area (Å²) in [6, 6.07) is 8.75. The number of rotatable bonds is 6. The van der Waals surface area contributed by atoms with E-state index >= 15 is 0 Å². The number of hydrogen-bond donors (Lipinski definition) is 1. The summed E-state index contributed by atoms with van der Waals surface area (Å²) in [5, 5.41) is 3.48. The number of amides is 1. The Morgan fingerprint density at radius 3 is 2.78 bits per heavy atom. The van der Waals surface area contributed by atoms with Gasteiger partial charge in [0.05, 0.1) is 0 Å². The van der Waals surface area contributed by atoms with E-state index in [9.17, 15) is 4.79 Å². The number of nitrogens with one attached hydrogen (secondary N) is 1. The molecule has 3 heteroatoms. The second kappa shape index (κ2) is 7.04. The lowest BCUT2D eigenvalue weighted by atomic mass is 10.1. The molecule has 100 valence electrons. The van der Waals surface area contributed by atoms with Crippen molar-refractivity contribution in [3.63, 3.8) is 0 Å². The average Bonchev–Trinajstić information content (AvgIpc) is 2.29. The number of carbonyl (C=O) groups excluding carboxylic acids is 1. The standard InChI is InChI=1S/C15H24N2O/c1-5-7-12(2)16-15-9-6-8-14(10-15)11-17(4)13(3)18/h6,8-10,12,16H,5,7,11H2,1-4H3. The molecule has 0 bridgehead atoms. The Hall–Kier alpha value is -1.51. The Morgan fingerprint density at radius 1 is 1.44 bits per heavy atom. The van der Waals surface area contributed by atoms with E-state index in [2.05, 4.69) is 37.4 Å². The minimum Gasteiger partial charge on any atom is -0.383 e. The molecule has 1 unspecified atom stereocenters. The summed E-state index contributed by atoms with van der Waals surface area (Å²) in [4.78, 5) is 12.9. The molecular formula is C15H24N2O. The van der Waals surface area contributed by atoms with Gasteiger partial charge in [0.2, 0.25) is 5.91 Å². The van der Waals surface area contributed by atoms with E-state index in [1.807, 2.05) is 13.1 Å². The van der Waals surface area contributed by atoms with Gasteiger partial charge in [-0.15, -0.1) is 0 Å². The van der Waals surface area contributed by atoms with Crippen molar-refractivity contribution in [2.24, 2.45) is 0 Å². The Morgan fingerprint density at radius 2 is 2.17 bits per heavy atom. The van der Waals surface area contributed by atoms with Crippen molar-refractivity contribution in [1.82, 2.24) is 4.90 Å². The van der Waals surface area contributed by atoms with E-state index in [0.717, 1.165) is 17.7 Å². The van der Waals surface area contributed by atoms with Crippen LogP contribution in [0.25, 0.3) is 0 Å². The molecular weight excluding hydrogens is 224 g/mol. The van der Waals surface area contributed by atoms with Gasteiger partial charge < -0.3 is 10.2 Å². The molecule has 0 radical (unpaired) electrons. The minimum absolute atomic E-state index is 0.0905. The van der Waals surface area contributed by atoms with Gasteiger partial charge in [-0.2, -0.15) is 0 Å². The molecule has 0 aliphatic carbocycles. The molecule has 1 aromatic carbocycles. The summed E-state index contributed by atoms with van der Waals surface area (Å²) in [6.07, 6.45) is 2.35. The van der Waals surface area contributed by atoms with Gasteiger partial charge in [-0.1, -0.05) is 25.5 Å². The summed E-state index contributed by atoms with van der Waals surface area (Å²) in [5.74, 6) is 0.0905. The maximum absolute atomic E-state index is 11.2. The van der Waals surface area contributed by atoms with Gasteiger partial charge in [-0.3, -0.25) is 4.79 Å². The van der Waals surface area contributed by atoms with Crippen LogP contribution in [-0.4, -0.2) is 23.9 Å². The quantitative estimate of drug-likeness (QED) is 0.838. The van der Waals surface area contributed by atoms with Crippen molar-refractivity contribution in [2.75, 3.05) is 12.4 Å². The van der Waals surface area contributed by atoms with E-state index in [1.54, 1.807) is 11.8 Å². The van der Waals surface area contributed by atoms with E-state index in [0.29, 0.717) is 12.6 Å². The molecule has 0 aliphatic rings. The Bertz CT molecular complexity index is 390. The Kier molecular flexibility index (Phi) is 5.69. The fraction of sp³-hybridized carbons (Fsp3) is 0.533. The first-order chi connectivity index (χ1) is 8.52. The van der Waals surface area contributed by atoms with Crippen LogP contribution < -0.4 is 5.32 Å². The SMILES string of the molecule is CCCC(C)Nc1cccc(CN(C)C(C)=O)c1. The lowest BCUT2D eigenvalue weighted by Crippen LogP contribution is -2.23. The number of carbonyl (C=O) groups is 1. The molecule has 0 aromatic heterocycles. The highest BCUT2D eigenvalue weighted by molar-refractivity contribution is 5.72. The van der Waals surface area contributed by atoms with Gasteiger partial charge in [-0.25, -0.2) is 0 Å². The molecule has 1 aromatic rings. The second-order valence-corrected chi connectivity index (χ2v) is 4.91. The van der Waals surface area contributed by atoms with Gasteiger partial charge >= 0.3 is 0 Å². The average molecular weight is 248 g/mol. The van der Waals surface area contributed by atoms with Crippen LogP contribution in [-0.2, 0) is 11.3 Å². The zero-order chi connectivity index (χ0) is 13.5. The number of hydrogen-bond acceptors (Lipinski definition) is 2. The van der Waals surface area contributed by atoms with Crippen LogP contribution >= 0.6 is 0 Å². The molecule has 0 spiro atoms. The molecule has 0 heterocycles. The predicted octanol–water partition coefficient (Wildman–Crippen LogP) is 3.27. The van der Waals surface area contributed by atoms with Crippen LogP contribution in [0.1, 0.15) is 39.2 Å². The maximum atomic E-state index is 11.2. The first-order valence-electron chi connectivity index (χ1n) is 6.60. The van der Waals surface area contributed by atoms with Gasteiger partial charge in [0.15, 0.2) is 0 Å². The van der Waals surface area contributed by atoms with E-state index in [4.69, 9.17) is 0 Å². The highest BCUT2D eigenvalue weighted by Gasteiger charge is 2.05. The zero-order valence-corrected chi connectivity index (χ0v) is 11.9. The lowest BCUT2D eigenvalue weighted by Gasteiger charge is -2.17. The Balaban J connectivity index is 2.64. The van der Waals surface area contributed by atoms with Crippen molar-refractivity contribution in [3.8, 4) is 0 Å². The number of anilines is 1. The third-order valence-electron chi connectivity index (χ3n) is 3.02. The van der Waals surface area contributed by atoms with Gasteiger partial charge in [-0.05, 0) is 31.0 Å². The molecule has 0 aliphatic heterocycles. The van der Waals surface area contributed by atoms with Crippen LogP contribution in [0, 0.1) is 0 Å². The maximum Gasteiger partial charge on any atom is 0.219 e. The lowest BCUT2D eigenvalue weighted by molar-refractivity contribution is -0.128. The van der Waals surface area contributed by atoms with Crippen LogP contribution in [0.2, 0.25) is 0 Å². The third-order valence-corrected chi connectivity index (χ3v) is 3.02. The van der Waals surface area contributed by atoms with Crippen molar-refractivity contribution in [2.45, 2.75) is 46.2 Å². The molecule has 0 saturated heterocycles. The fourth-order valence-corrected chi connectivity index (χ4v) is 1.93. The first kappa shape index (κ1) is 14.6. The Labute approximate surface area is 110 Å². The smallest absolute Gasteiger partial charge is 0.219 e. The normalized spacial score (nSPS) is 12.0. The summed E-state index contributed by atoms with van der Waals surface area (Å²) in [5.41, 5.74) is 2.28. The summed E-state index contributed by atoms with van der Waals surface area (Å²) >= 11 is 0. The summed E-state index contributed by atoms with van der Waals surface area (Å²) in [6.45, 7) is 6.63. The fourth-order valence-electron chi connectivity index (χ4n) is 1.93. The summed E-state index contributed by atoms with van der Waals surface area (Å²) < 4.78 is 0. The highest BCUT2D eigenvalue weighted by atomic mass is 16.2. The third kappa shape index (κ3) is 4.78. The molecule has 0 fully saturated rings. The van der Waals surface area contributed by atoms with E-state index in [-0.39, 0.29) is 5.91 Å². The molecule has 3 nitrogen and oxygen atoms in total. The van der Waals surface area contributed by atoms with E-state index in [1.165, 1.54) is 6.42 Å². The zero-order valence-electron chi connectivity index (χ0n) is 11.9. The molecule has 18 heavy (non-hydrogen) atoms. The van der Waals surface area contributed by atoms with Crippen molar-refractivity contribution in [3.05, 3.63) is 29.8 Å². The monoisotopic (exact) mass is 248 g/mol. The molecule has 0 saturated carbocycles. The number of nitrogens with zero attached hydrogens (tertiary/aromatic N) is 1. The molecule has 1 rings (SSSR count). The van der Waals surface area contributed by atoms with Crippen LogP contribution in [0.3, 0.4) is 0 Å². The van der Waals surface area contributed by atoms with Crippen LogP contribution in [0.4, 0.5) is 5.69 Å². The predicted molar refractivity (Wildman–Crippen MR) is 76.6 cm³/mol. The van der Waals surface area contributed by atoms with Crippen molar-refractivity contribution < 1.29 is 4.79 Å². The van der Waals surface area contributed by atoms with Gasteiger partial charge in [0, 0.05) is 32.2 Å².